The van der Waals surface area contributed by atoms with Crippen molar-refractivity contribution in [2.75, 3.05) is 0 Å². The molecule has 1 saturated carbocycles. The van der Waals surface area contributed by atoms with Crippen LogP contribution in [0.15, 0.2) is 18.2 Å². The van der Waals surface area contributed by atoms with Crippen LogP contribution in [0, 0.1) is 18.7 Å². The van der Waals surface area contributed by atoms with Gasteiger partial charge >= 0.3 is 0 Å². The molecule has 0 amide bonds. The van der Waals surface area contributed by atoms with Crippen LogP contribution in [0.3, 0.4) is 0 Å². The third kappa shape index (κ3) is 1.67. The van der Waals surface area contributed by atoms with E-state index in [2.05, 4.69) is 0 Å². The van der Waals surface area contributed by atoms with E-state index in [9.17, 15) is 4.39 Å². The molecule has 1 aromatic carbocycles. The predicted octanol–water partition coefficient (Wildman–Crippen LogP) is 2.93. The van der Waals surface area contributed by atoms with Gasteiger partial charge in [-0.2, -0.15) is 0 Å². The van der Waals surface area contributed by atoms with Crippen LogP contribution in [0.1, 0.15) is 36.4 Å². The maximum atomic E-state index is 13.0. The highest BCUT2D eigenvalue weighted by Gasteiger charge is 2.25. The summed E-state index contributed by atoms with van der Waals surface area (Å²) in [6.45, 7) is 1.78. The molecule has 2 rings (SSSR count). The Hall–Kier alpha value is -0.890. The summed E-state index contributed by atoms with van der Waals surface area (Å²) in [7, 11) is 0. The maximum absolute atomic E-state index is 13.0. The summed E-state index contributed by atoms with van der Waals surface area (Å²) in [5.74, 6) is 0.467. The van der Waals surface area contributed by atoms with E-state index in [1.54, 1.807) is 6.92 Å². The van der Waals surface area contributed by atoms with Gasteiger partial charge in [-0.05, 0) is 42.9 Å². The summed E-state index contributed by atoms with van der Waals surface area (Å²) in [5.41, 5.74) is 7.87. The lowest BCUT2D eigenvalue weighted by atomic mass is 9.77. The van der Waals surface area contributed by atoms with Gasteiger partial charge in [-0.25, -0.2) is 4.39 Å². The molecule has 0 radical (unpaired) electrons. The van der Waals surface area contributed by atoms with E-state index in [0.29, 0.717) is 11.5 Å². The highest BCUT2D eigenvalue weighted by atomic mass is 19.1. The van der Waals surface area contributed by atoms with Crippen molar-refractivity contribution in [3.05, 3.63) is 35.1 Å². The highest BCUT2D eigenvalue weighted by Crippen LogP contribution is 2.36. The lowest BCUT2D eigenvalue weighted by molar-refractivity contribution is 0.264. The molecule has 76 valence electrons. The van der Waals surface area contributed by atoms with Crippen molar-refractivity contribution in [1.29, 1.82) is 0 Å². The molecule has 14 heavy (non-hydrogen) atoms. The zero-order valence-electron chi connectivity index (χ0n) is 8.46. The number of benzene rings is 1. The lowest BCUT2D eigenvalue weighted by Gasteiger charge is -2.31. The van der Waals surface area contributed by atoms with Crippen LogP contribution in [0.2, 0.25) is 0 Å². The minimum Gasteiger partial charge on any atom is -0.324 e. The van der Waals surface area contributed by atoms with Gasteiger partial charge in [0.05, 0.1) is 0 Å². The molecule has 0 bridgehead atoms. The Bertz CT molecular complexity index is 331. The van der Waals surface area contributed by atoms with E-state index in [1.165, 1.54) is 25.3 Å². The van der Waals surface area contributed by atoms with Gasteiger partial charge in [0.15, 0.2) is 0 Å². The van der Waals surface area contributed by atoms with Gasteiger partial charge in [-0.15, -0.1) is 0 Å². The minimum atomic E-state index is -0.144. The predicted molar refractivity (Wildman–Crippen MR) is 55.4 cm³/mol. The first-order valence-electron chi connectivity index (χ1n) is 5.20. The van der Waals surface area contributed by atoms with Gasteiger partial charge in [-0.3, -0.25) is 0 Å². The Kier molecular flexibility index (Phi) is 2.55. The van der Waals surface area contributed by atoms with Gasteiger partial charge in [0.2, 0.25) is 0 Å². The van der Waals surface area contributed by atoms with Gasteiger partial charge in [0, 0.05) is 6.04 Å². The Labute approximate surface area is 84.1 Å². The van der Waals surface area contributed by atoms with Crippen molar-refractivity contribution in [3.8, 4) is 0 Å². The number of rotatable bonds is 2. The van der Waals surface area contributed by atoms with Crippen molar-refractivity contribution < 1.29 is 4.39 Å². The zero-order valence-corrected chi connectivity index (χ0v) is 8.46. The summed E-state index contributed by atoms with van der Waals surface area (Å²) >= 11 is 0. The van der Waals surface area contributed by atoms with Crippen LogP contribution in [-0.2, 0) is 0 Å². The van der Waals surface area contributed by atoms with E-state index < -0.39 is 0 Å². The Morgan fingerprint density at radius 3 is 2.64 bits per heavy atom. The molecule has 0 heterocycles. The average molecular weight is 193 g/mol. The van der Waals surface area contributed by atoms with Gasteiger partial charge in [-0.1, -0.05) is 18.6 Å². The molecule has 2 heteroatoms. The third-order valence-electron chi connectivity index (χ3n) is 3.22. The summed E-state index contributed by atoms with van der Waals surface area (Å²) in [6, 6.07) is 5.30. The average Bonchev–Trinajstić information content (AvgIpc) is 2.06. The normalized spacial score (nSPS) is 19.1. The van der Waals surface area contributed by atoms with Crippen LogP contribution in [-0.4, -0.2) is 0 Å². The highest BCUT2D eigenvalue weighted by molar-refractivity contribution is 5.27. The van der Waals surface area contributed by atoms with Crippen LogP contribution in [0.25, 0.3) is 0 Å². The third-order valence-corrected chi connectivity index (χ3v) is 3.22. The molecule has 0 aromatic heterocycles. The van der Waals surface area contributed by atoms with Crippen LogP contribution >= 0.6 is 0 Å². The van der Waals surface area contributed by atoms with Crippen LogP contribution in [0.5, 0.6) is 0 Å². The van der Waals surface area contributed by atoms with Crippen molar-refractivity contribution >= 4 is 0 Å². The zero-order chi connectivity index (χ0) is 10.1. The van der Waals surface area contributed by atoms with Gasteiger partial charge in [0.25, 0.3) is 0 Å². The Balaban J connectivity index is 2.18. The summed E-state index contributed by atoms with van der Waals surface area (Å²) in [5, 5.41) is 0. The summed E-state index contributed by atoms with van der Waals surface area (Å²) in [4.78, 5) is 0. The first-order chi connectivity index (χ1) is 6.68. The molecule has 1 aliphatic carbocycles. The first kappa shape index (κ1) is 9.66. The Morgan fingerprint density at radius 1 is 1.43 bits per heavy atom. The number of hydrogen-bond acceptors (Lipinski definition) is 1. The molecule has 0 aliphatic heterocycles. The fraction of sp³-hybridized carbons (Fsp3) is 0.500. The molecule has 1 aliphatic rings. The van der Waals surface area contributed by atoms with Crippen LogP contribution < -0.4 is 5.73 Å². The second-order valence-corrected chi connectivity index (χ2v) is 4.23. The van der Waals surface area contributed by atoms with E-state index in [-0.39, 0.29) is 11.9 Å². The molecule has 0 unspecified atom stereocenters. The fourth-order valence-corrected chi connectivity index (χ4v) is 1.95. The van der Waals surface area contributed by atoms with Crippen molar-refractivity contribution in [3.63, 3.8) is 0 Å². The van der Waals surface area contributed by atoms with E-state index >= 15 is 0 Å². The van der Waals surface area contributed by atoms with Crippen molar-refractivity contribution in [2.24, 2.45) is 11.7 Å². The fourth-order valence-electron chi connectivity index (χ4n) is 1.95. The minimum absolute atomic E-state index is 0.100. The van der Waals surface area contributed by atoms with Gasteiger partial charge in [0.1, 0.15) is 5.82 Å². The molecular weight excluding hydrogens is 177 g/mol. The lowest BCUT2D eigenvalue weighted by Crippen LogP contribution is -2.26. The van der Waals surface area contributed by atoms with E-state index in [1.807, 2.05) is 12.1 Å². The van der Waals surface area contributed by atoms with Gasteiger partial charge < -0.3 is 5.73 Å². The molecule has 1 fully saturated rings. The standard InChI is InChI=1S/C12H16FN/c1-8-7-10(5-6-11(8)13)12(14)9-3-2-4-9/h5-7,9,12H,2-4,14H2,1H3/t12-/m1/s1. The number of hydrogen-bond donors (Lipinski definition) is 1. The summed E-state index contributed by atoms with van der Waals surface area (Å²) < 4.78 is 13.0. The first-order valence-corrected chi connectivity index (χ1v) is 5.20. The second kappa shape index (κ2) is 3.70. The van der Waals surface area contributed by atoms with Crippen molar-refractivity contribution in [2.45, 2.75) is 32.2 Å². The number of nitrogens with two attached hydrogens (primary N) is 1. The molecule has 1 nitrogen and oxygen atoms in total. The largest absolute Gasteiger partial charge is 0.324 e. The SMILES string of the molecule is Cc1cc([C@H](N)C2CCC2)ccc1F. The number of halogens is 1. The quantitative estimate of drug-likeness (QED) is 0.767. The molecule has 0 spiro atoms. The second-order valence-electron chi connectivity index (χ2n) is 4.23. The van der Waals surface area contributed by atoms with Crippen LogP contribution in [0.4, 0.5) is 4.39 Å². The Morgan fingerprint density at radius 2 is 2.14 bits per heavy atom. The molecule has 2 N–H and O–H groups in total. The molecule has 0 saturated heterocycles. The van der Waals surface area contributed by atoms with Crippen molar-refractivity contribution in [1.82, 2.24) is 0 Å². The molecule has 1 aromatic rings. The molecular formula is C12H16FN. The maximum Gasteiger partial charge on any atom is 0.126 e. The monoisotopic (exact) mass is 193 g/mol. The summed E-state index contributed by atoms with van der Waals surface area (Å²) in [6.07, 6.45) is 3.73. The van der Waals surface area contributed by atoms with E-state index in [4.69, 9.17) is 5.73 Å². The van der Waals surface area contributed by atoms with E-state index in [0.717, 1.165) is 5.56 Å². The smallest absolute Gasteiger partial charge is 0.126 e. The number of aryl methyl sites for hydroxylation is 1. The topological polar surface area (TPSA) is 26.0 Å². The molecule has 1 atom stereocenters.